The van der Waals surface area contributed by atoms with E-state index in [4.69, 9.17) is 18.9 Å². The van der Waals surface area contributed by atoms with E-state index in [2.05, 4.69) is 29.9 Å². The summed E-state index contributed by atoms with van der Waals surface area (Å²) in [6.45, 7) is 10.5. The molecule has 0 saturated heterocycles. The normalized spacial score (nSPS) is 14.3. The van der Waals surface area contributed by atoms with Gasteiger partial charge >= 0.3 is 0 Å². The third-order valence-corrected chi connectivity index (χ3v) is 5.94. The Morgan fingerprint density at radius 1 is 0.775 bits per heavy atom. The average Bonchev–Trinajstić information content (AvgIpc) is 2.98. The second-order valence-corrected chi connectivity index (χ2v) is 9.39. The van der Waals surface area contributed by atoms with E-state index in [0.29, 0.717) is 56.7 Å². The van der Waals surface area contributed by atoms with Crippen LogP contribution in [-0.2, 0) is 22.6 Å². The molecular formula is C32H42N2O6. The Hall–Kier alpha value is -3.56. The van der Waals surface area contributed by atoms with Crippen molar-refractivity contribution >= 4 is 0 Å². The van der Waals surface area contributed by atoms with E-state index >= 15 is 0 Å². The molecule has 0 radical (unpaired) electrons. The van der Waals surface area contributed by atoms with Crippen LogP contribution >= 0.6 is 0 Å². The third kappa shape index (κ3) is 11.3. The number of hydrogen-bond donors (Lipinski definition) is 4. The highest BCUT2D eigenvalue weighted by molar-refractivity contribution is 5.39. The van der Waals surface area contributed by atoms with Gasteiger partial charge < -0.3 is 39.8 Å². The van der Waals surface area contributed by atoms with Gasteiger partial charge in [0.05, 0.1) is 0 Å². The molecule has 0 aromatic heterocycles. The largest absolute Gasteiger partial charge is 0.491 e. The van der Waals surface area contributed by atoms with Crippen molar-refractivity contribution in [3.63, 3.8) is 0 Å². The number of rotatable bonds is 20. The van der Waals surface area contributed by atoms with E-state index in [-0.39, 0.29) is 13.2 Å². The van der Waals surface area contributed by atoms with Crippen LogP contribution in [0.2, 0.25) is 0 Å². The molecular weight excluding hydrogens is 508 g/mol. The predicted octanol–water partition coefficient (Wildman–Crippen LogP) is 4.01. The number of allylic oxidation sites excluding steroid dienone is 3. The molecule has 0 bridgehead atoms. The summed E-state index contributed by atoms with van der Waals surface area (Å²) >= 11 is 0. The number of nitrogens with one attached hydrogen (secondary N) is 2. The third-order valence-electron chi connectivity index (χ3n) is 5.94. The molecule has 4 N–H and O–H groups in total. The van der Waals surface area contributed by atoms with Crippen LogP contribution in [0.5, 0.6) is 11.5 Å². The zero-order chi connectivity index (χ0) is 28.4. The summed E-state index contributed by atoms with van der Waals surface area (Å²) in [7, 11) is 0. The summed E-state index contributed by atoms with van der Waals surface area (Å²) in [6, 6.07) is 15.5. The minimum absolute atomic E-state index is 0.147. The van der Waals surface area contributed by atoms with Gasteiger partial charge in [0.25, 0.3) is 0 Å². The Morgan fingerprint density at radius 3 is 2.02 bits per heavy atom. The van der Waals surface area contributed by atoms with Crippen LogP contribution in [0.25, 0.3) is 0 Å². The molecule has 0 amide bonds. The maximum Gasteiger partial charge on any atom is 0.161 e. The van der Waals surface area contributed by atoms with Crippen molar-refractivity contribution in [2.75, 3.05) is 39.5 Å². The monoisotopic (exact) mass is 550 g/mol. The highest BCUT2D eigenvalue weighted by Crippen LogP contribution is 2.26. The first kappa shape index (κ1) is 31.0. The number of hydrogen-bond acceptors (Lipinski definition) is 8. The molecule has 2 aromatic rings. The van der Waals surface area contributed by atoms with Crippen LogP contribution in [0.15, 0.2) is 97.5 Å². The van der Waals surface area contributed by atoms with Gasteiger partial charge in [0.15, 0.2) is 17.3 Å². The van der Waals surface area contributed by atoms with Gasteiger partial charge in [0.2, 0.25) is 0 Å². The summed E-state index contributed by atoms with van der Waals surface area (Å²) in [4.78, 5) is 0. The molecule has 2 atom stereocenters. The van der Waals surface area contributed by atoms with E-state index in [1.165, 1.54) is 0 Å². The van der Waals surface area contributed by atoms with Crippen molar-refractivity contribution in [1.29, 1.82) is 0 Å². The topological polar surface area (TPSA) is 101 Å². The number of para-hydroxylation sites is 2. The summed E-state index contributed by atoms with van der Waals surface area (Å²) in [5.74, 6) is 2.68. The van der Waals surface area contributed by atoms with E-state index < -0.39 is 12.2 Å². The second kappa shape index (κ2) is 17.9. The molecule has 216 valence electrons. The lowest BCUT2D eigenvalue weighted by atomic mass is 10.1. The Balaban J connectivity index is 1.34. The smallest absolute Gasteiger partial charge is 0.161 e. The van der Waals surface area contributed by atoms with Gasteiger partial charge in [-0.3, -0.25) is 0 Å². The van der Waals surface area contributed by atoms with E-state index in [1.807, 2.05) is 54.6 Å². The maximum absolute atomic E-state index is 10.4. The maximum atomic E-state index is 10.4. The van der Waals surface area contributed by atoms with E-state index in [9.17, 15) is 10.2 Å². The molecule has 8 nitrogen and oxygen atoms in total. The molecule has 0 saturated carbocycles. The average molecular weight is 551 g/mol. The lowest BCUT2D eigenvalue weighted by Gasteiger charge is -2.19. The molecule has 40 heavy (non-hydrogen) atoms. The van der Waals surface area contributed by atoms with Crippen LogP contribution in [0.4, 0.5) is 0 Å². The lowest BCUT2D eigenvalue weighted by Crippen LogP contribution is -2.31. The SMILES string of the molecule is C=CCOC1=C(OCC(O)CNCc2cccc(CNCC(O)COc3ccccc3OCC=C)c2)CCC=C1. The quantitative estimate of drug-likeness (QED) is 0.184. The summed E-state index contributed by atoms with van der Waals surface area (Å²) in [5, 5.41) is 27.3. The van der Waals surface area contributed by atoms with Crippen LogP contribution in [-0.4, -0.2) is 61.9 Å². The van der Waals surface area contributed by atoms with Crippen molar-refractivity contribution in [2.45, 2.75) is 38.1 Å². The minimum atomic E-state index is -0.675. The summed E-state index contributed by atoms with van der Waals surface area (Å²) < 4.78 is 22.8. The van der Waals surface area contributed by atoms with Crippen molar-refractivity contribution in [3.8, 4) is 11.5 Å². The van der Waals surface area contributed by atoms with Crippen molar-refractivity contribution in [1.82, 2.24) is 10.6 Å². The first-order valence-corrected chi connectivity index (χ1v) is 13.7. The number of benzene rings is 2. The zero-order valence-electron chi connectivity index (χ0n) is 23.1. The fourth-order valence-corrected chi connectivity index (χ4v) is 4.00. The van der Waals surface area contributed by atoms with Gasteiger partial charge in [-0.25, -0.2) is 0 Å². The molecule has 0 fully saturated rings. The number of aliphatic hydroxyl groups is 2. The Labute approximate surface area is 237 Å². The Kier molecular flexibility index (Phi) is 13.9. The molecule has 0 aliphatic heterocycles. The second-order valence-electron chi connectivity index (χ2n) is 9.39. The van der Waals surface area contributed by atoms with Gasteiger partial charge in [-0.1, -0.05) is 67.8 Å². The van der Waals surface area contributed by atoms with Crippen molar-refractivity contribution in [2.24, 2.45) is 0 Å². The van der Waals surface area contributed by atoms with Gasteiger partial charge in [0, 0.05) is 32.6 Å². The van der Waals surface area contributed by atoms with Crippen molar-refractivity contribution < 1.29 is 29.2 Å². The molecule has 2 aromatic carbocycles. The van der Waals surface area contributed by atoms with Crippen LogP contribution < -0.4 is 20.1 Å². The fourth-order valence-electron chi connectivity index (χ4n) is 4.00. The summed E-state index contributed by atoms with van der Waals surface area (Å²) in [5.41, 5.74) is 2.21. The van der Waals surface area contributed by atoms with Crippen LogP contribution in [0.1, 0.15) is 24.0 Å². The molecule has 8 heteroatoms. The molecule has 0 spiro atoms. The predicted molar refractivity (Wildman–Crippen MR) is 157 cm³/mol. The Morgan fingerprint density at radius 2 is 1.38 bits per heavy atom. The lowest BCUT2D eigenvalue weighted by molar-refractivity contribution is 0.0603. The standard InChI is InChI=1S/C32H42N2O6/c1-3-16-37-29-12-5-7-14-31(29)39-23-27(35)21-33-19-25-10-9-11-26(18-25)20-34-22-28(36)24-40-32-15-8-6-13-30(32)38-17-4-2/h3-7,9-14,18,27-28,33-36H,1-2,8,15-17,19-24H2. The highest BCUT2D eigenvalue weighted by Gasteiger charge is 2.14. The first-order chi connectivity index (χ1) is 19.6. The fraction of sp³-hybridized carbons (Fsp3) is 0.375. The van der Waals surface area contributed by atoms with Crippen LogP contribution in [0.3, 0.4) is 0 Å². The Bertz CT molecular complexity index is 1120. The molecule has 3 rings (SSSR count). The van der Waals surface area contributed by atoms with Gasteiger partial charge in [-0.15, -0.1) is 0 Å². The van der Waals surface area contributed by atoms with Gasteiger partial charge in [-0.2, -0.15) is 0 Å². The highest BCUT2D eigenvalue weighted by atomic mass is 16.5. The molecule has 1 aliphatic rings. The van der Waals surface area contributed by atoms with Crippen molar-refractivity contribution in [3.05, 3.63) is 109 Å². The van der Waals surface area contributed by atoms with Gasteiger partial charge in [0.1, 0.15) is 44.4 Å². The zero-order valence-corrected chi connectivity index (χ0v) is 23.1. The van der Waals surface area contributed by atoms with Gasteiger partial charge in [-0.05, 0) is 35.8 Å². The molecule has 1 aliphatic carbocycles. The summed E-state index contributed by atoms with van der Waals surface area (Å²) in [6.07, 6.45) is 7.65. The molecule has 2 unspecified atom stereocenters. The van der Waals surface area contributed by atoms with E-state index in [1.54, 1.807) is 12.2 Å². The van der Waals surface area contributed by atoms with E-state index in [0.717, 1.165) is 29.7 Å². The minimum Gasteiger partial charge on any atom is -0.491 e. The first-order valence-electron chi connectivity index (χ1n) is 13.7. The number of aliphatic hydroxyl groups excluding tert-OH is 2. The van der Waals surface area contributed by atoms with Crippen LogP contribution in [0, 0.1) is 0 Å². The number of ether oxygens (including phenoxy) is 4. The molecule has 0 heterocycles.